The van der Waals surface area contributed by atoms with Gasteiger partial charge in [0, 0.05) is 18.3 Å². The van der Waals surface area contributed by atoms with E-state index in [1.54, 1.807) is 0 Å². The Morgan fingerprint density at radius 1 is 1.13 bits per heavy atom. The fraction of sp³-hybridized carbons (Fsp3) is 0.154. The topological polar surface area (TPSA) is 17.3 Å². The Labute approximate surface area is 88.9 Å². The molecule has 0 fully saturated rings. The van der Waals surface area contributed by atoms with E-state index in [4.69, 9.17) is 0 Å². The number of nitrogens with zero attached hydrogens (tertiary/aromatic N) is 2. The highest BCUT2D eigenvalue weighted by Gasteiger charge is 2.22. The predicted octanol–water partition coefficient (Wildman–Crippen LogP) is 2.65. The minimum Gasteiger partial charge on any atom is -0.314 e. The van der Waals surface area contributed by atoms with Crippen LogP contribution in [0.4, 0.5) is 0 Å². The van der Waals surface area contributed by atoms with Gasteiger partial charge in [0.2, 0.25) is 0 Å². The maximum atomic E-state index is 4.57. The van der Waals surface area contributed by atoms with Gasteiger partial charge in [-0.2, -0.15) is 0 Å². The van der Waals surface area contributed by atoms with Crippen molar-refractivity contribution < 1.29 is 0 Å². The van der Waals surface area contributed by atoms with E-state index in [9.17, 15) is 0 Å². The van der Waals surface area contributed by atoms with Crippen LogP contribution >= 0.6 is 0 Å². The van der Waals surface area contributed by atoms with Crippen molar-refractivity contribution in [3.8, 4) is 5.69 Å². The summed E-state index contributed by atoms with van der Waals surface area (Å²) in [5.41, 5.74) is 4.82. The first-order chi connectivity index (χ1) is 7.42. The molecule has 2 aromatic rings. The highest BCUT2D eigenvalue weighted by Crippen LogP contribution is 2.28. The Hall–Kier alpha value is -1.83. The Balaban J connectivity index is 2.33. The fourth-order valence-electron chi connectivity index (χ4n) is 2.13. The number of para-hydroxylation sites is 1. The van der Waals surface area contributed by atoms with Crippen molar-refractivity contribution in [1.82, 2.24) is 4.57 Å². The maximum Gasteiger partial charge on any atom is 0.0907 e. The van der Waals surface area contributed by atoms with Crippen LogP contribution in [0.1, 0.15) is 18.2 Å². The molecule has 2 heteroatoms. The van der Waals surface area contributed by atoms with Crippen LogP contribution in [0.5, 0.6) is 0 Å². The quantitative estimate of drug-likeness (QED) is 0.569. The first kappa shape index (κ1) is 8.48. The molecule has 1 aliphatic rings. The van der Waals surface area contributed by atoms with Crippen molar-refractivity contribution in [2.24, 2.45) is 4.99 Å². The van der Waals surface area contributed by atoms with Gasteiger partial charge < -0.3 is 4.57 Å². The molecule has 3 rings (SSSR count). The van der Waals surface area contributed by atoms with Crippen LogP contribution in [0.3, 0.4) is 0 Å². The van der Waals surface area contributed by atoms with Gasteiger partial charge in [-0.1, -0.05) is 18.2 Å². The number of aromatic nitrogens is 1. The molecule has 2 heterocycles. The van der Waals surface area contributed by atoms with Crippen LogP contribution < -0.4 is 0 Å². The molecule has 0 bridgehead atoms. The van der Waals surface area contributed by atoms with Gasteiger partial charge in [-0.25, -0.2) is 0 Å². The fourth-order valence-corrected chi connectivity index (χ4v) is 2.13. The van der Waals surface area contributed by atoms with Crippen molar-refractivity contribution >= 4 is 5.71 Å². The molecule has 0 N–H and O–H groups in total. The average molecular weight is 196 g/mol. The molecular weight excluding hydrogens is 184 g/mol. The molecule has 0 atom stereocenters. The highest BCUT2D eigenvalue weighted by atomic mass is 15.0. The van der Waals surface area contributed by atoms with Crippen LogP contribution in [0.2, 0.25) is 0 Å². The lowest BCUT2D eigenvalue weighted by molar-refractivity contribution is 1.08. The predicted molar refractivity (Wildman–Crippen MR) is 61.9 cm³/mol. The molecule has 2 nitrogen and oxygen atoms in total. The maximum absolute atomic E-state index is 4.57. The van der Waals surface area contributed by atoms with Gasteiger partial charge in [-0.15, -0.1) is 0 Å². The van der Waals surface area contributed by atoms with Gasteiger partial charge in [-0.3, -0.25) is 4.99 Å². The summed E-state index contributed by atoms with van der Waals surface area (Å²) in [6.07, 6.45) is 2.09. The summed E-state index contributed by atoms with van der Waals surface area (Å²) in [5, 5.41) is 0. The SMILES string of the molecule is CCN=C1c2ccccc2-n2cccc21. The van der Waals surface area contributed by atoms with Crippen molar-refractivity contribution in [1.29, 1.82) is 0 Å². The van der Waals surface area contributed by atoms with E-state index in [0.717, 1.165) is 12.3 Å². The largest absolute Gasteiger partial charge is 0.314 e. The lowest BCUT2D eigenvalue weighted by Crippen LogP contribution is -1.98. The third-order valence-corrected chi connectivity index (χ3v) is 2.73. The molecule has 0 saturated carbocycles. The molecule has 74 valence electrons. The average Bonchev–Trinajstić information content (AvgIpc) is 2.82. The number of aliphatic imine (C=N–C) groups is 1. The van der Waals surface area contributed by atoms with E-state index < -0.39 is 0 Å². The van der Waals surface area contributed by atoms with Crippen LogP contribution in [0, 0.1) is 0 Å². The zero-order valence-corrected chi connectivity index (χ0v) is 8.64. The molecule has 0 aliphatic carbocycles. The minimum absolute atomic E-state index is 0.828. The first-order valence-electron chi connectivity index (χ1n) is 5.24. The summed E-state index contributed by atoms with van der Waals surface area (Å²) in [7, 11) is 0. The van der Waals surface area contributed by atoms with Gasteiger partial charge in [0.15, 0.2) is 0 Å². The Kier molecular flexibility index (Phi) is 1.75. The molecule has 1 aromatic carbocycles. The van der Waals surface area contributed by atoms with E-state index in [2.05, 4.69) is 59.1 Å². The lowest BCUT2D eigenvalue weighted by atomic mass is 10.1. The molecule has 1 aromatic heterocycles. The van der Waals surface area contributed by atoms with Crippen LogP contribution in [0.25, 0.3) is 5.69 Å². The molecule has 0 radical (unpaired) electrons. The minimum atomic E-state index is 0.828. The number of benzene rings is 1. The van der Waals surface area contributed by atoms with E-state index in [0.29, 0.717) is 0 Å². The van der Waals surface area contributed by atoms with Crippen molar-refractivity contribution in [3.63, 3.8) is 0 Å². The van der Waals surface area contributed by atoms with Crippen LogP contribution in [-0.2, 0) is 0 Å². The van der Waals surface area contributed by atoms with Crippen LogP contribution in [0.15, 0.2) is 47.6 Å². The summed E-state index contributed by atoms with van der Waals surface area (Å²) < 4.78 is 2.20. The lowest BCUT2D eigenvalue weighted by Gasteiger charge is -1.99. The Bertz CT molecular complexity index is 535. The molecule has 0 unspecified atom stereocenters. The van der Waals surface area contributed by atoms with Gasteiger partial charge >= 0.3 is 0 Å². The molecule has 0 saturated heterocycles. The monoisotopic (exact) mass is 196 g/mol. The second-order valence-corrected chi connectivity index (χ2v) is 3.60. The third-order valence-electron chi connectivity index (χ3n) is 2.73. The van der Waals surface area contributed by atoms with Crippen molar-refractivity contribution in [2.45, 2.75) is 6.92 Å². The van der Waals surface area contributed by atoms with Crippen molar-refractivity contribution in [2.75, 3.05) is 6.54 Å². The normalized spacial score (nSPS) is 15.4. The second-order valence-electron chi connectivity index (χ2n) is 3.60. The molecule has 15 heavy (non-hydrogen) atoms. The van der Waals surface area contributed by atoms with E-state index in [1.165, 1.54) is 16.9 Å². The van der Waals surface area contributed by atoms with Crippen LogP contribution in [-0.4, -0.2) is 16.8 Å². The molecule has 0 amide bonds. The number of hydrogen-bond acceptors (Lipinski definition) is 1. The summed E-state index contributed by atoms with van der Waals surface area (Å²) in [4.78, 5) is 4.57. The summed E-state index contributed by atoms with van der Waals surface area (Å²) in [6.45, 7) is 2.90. The van der Waals surface area contributed by atoms with Crippen molar-refractivity contribution in [3.05, 3.63) is 53.9 Å². The zero-order valence-electron chi connectivity index (χ0n) is 8.64. The van der Waals surface area contributed by atoms with E-state index in [-0.39, 0.29) is 0 Å². The van der Waals surface area contributed by atoms with Gasteiger partial charge in [0.1, 0.15) is 0 Å². The van der Waals surface area contributed by atoms with Gasteiger partial charge in [-0.05, 0) is 25.1 Å². The first-order valence-corrected chi connectivity index (χ1v) is 5.24. The van der Waals surface area contributed by atoms with E-state index in [1.807, 2.05) is 0 Å². The van der Waals surface area contributed by atoms with Gasteiger partial charge in [0.05, 0.1) is 17.1 Å². The zero-order chi connectivity index (χ0) is 10.3. The number of rotatable bonds is 1. The summed E-state index contributed by atoms with van der Waals surface area (Å²) in [6, 6.07) is 12.6. The van der Waals surface area contributed by atoms with Gasteiger partial charge in [0.25, 0.3) is 0 Å². The third kappa shape index (κ3) is 1.08. The molecule has 1 aliphatic heterocycles. The smallest absolute Gasteiger partial charge is 0.0907 e. The number of hydrogen-bond donors (Lipinski definition) is 0. The van der Waals surface area contributed by atoms with E-state index >= 15 is 0 Å². The summed E-state index contributed by atoms with van der Waals surface area (Å²) >= 11 is 0. The molecular formula is C13H12N2. The number of fused-ring (bicyclic) bond motifs is 3. The standard InChI is InChI=1S/C13H12N2/c1-2-14-13-10-6-3-4-7-11(10)15-9-5-8-12(13)15/h3-9H,2H2,1H3. The summed E-state index contributed by atoms with van der Waals surface area (Å²) in [5.74, 6) is 0. The Morgan fingerprint density at radius 3 is 2.87 bits per heavy atom. The second kappa shape index (κ2) is 3.09. The highest BCUT2D eigenvalue weighted by molar-refractivity contribution is 6.17. The Morgan fingerprint density at radius 2 is 2.00 bits per heavy atom. The molecule has 0 spiro atoms.